The van der Waals surface area contributed by atoms with E-state index in [0.717, 1.165) is 12.7 Å². The fourth-order valence-corrected chi connectivity index (χ4v) is 7.01. The highest BCUT2D eigenvalue weighted by Crippen LogP contribution is 2.74. The molecule has 0 amide bonds. The fourth-order valence-electron chi connectivity index (χ4n) is 5.45. The molecule has 1 saturated carbocycles. The lowest BCUT2D eigenvalue weighted by molar-refractivity contribution is -0.143. The van der Waals surface area contributed by atoms with E-state index in [1.54, 1.807) is 31.4 Å². The Morgan fingerprint density at radius 3 is 2.25 bits per heavy atom. The Morgan fingerprint density at radius 2 is 1.68 bits per heavy atom. The SMILES string of the molecule is COC(=O)[C@@]12SC(=NCc3ccc(OC)cc3)N[C@](C)(c3cc(B4OC(C)(C)C(C)(C)O4)ccc3F)[C@@H]1C2(F)F. The molecule has 2 saturated heterocycles. The molecule has 12 heteroatoms. The average Bonchev–Trinajstić information content (AvgIpc) is 3.33. The van der Waals surface area contributed by atoms with Crippen molar-refractivity contribution in [1.82, 2.24) is 5.32 Å². The molecule has 0 spiro atoms. The highest BCUT2D eigenvalue weighted by Gasteiger charge is 2.92. The Labute approximate surface area is 236 Å². The van der Waals surface area contributed by atoms with Gasteiger partial charge in [0.2, 0.25) is 0 Å². The van der Waals surface area contributed by atoms with E-state index in [4.69, 9.17) is 18.8 Å². The Balaban J connectivity index is 1.56. The van der Waals surface area contributed by atoms with Gasteiger partial charge in [-0.1, -0.05) is 36.0 Å². The van der Waals surface area contributed by atoms with Crippen molar-refractivity contribution < 1.29 is 36.7 Å². The highest BCUT2D eigenvalue weighted by molar-refractivity contribution is 8.16. The molecular weight excluding hydrogens is 544 g/mol. The molecule has 2 aliphatic heterocycles. The summed E-state index contributed by atoms with van der Waals surface area (Å²) in [5, 5.41) is 3.14. The van der Waals surface area contributed by atoms with Gasteiger partial charge in [0.25, 0.3) is 5.92 Å². The zero-order valence-corrected chi connectivity index (χ0v) is 24.3. The monoisotopic (exact) mass is 576 g/mol. The second-order valence-corrected chi connectivity index (χ2v) is 12.7. The third kappa shape index (κ3) is 4.21. The first-order chi connectivity index (χ1) is 18.6. The van der Waals surface area contributed by atoms with Crippen molar-refractivity contribution in [2.45, 2.75) is 68.6 Å². The summed E-state index contributed by atoms with van der Waals surface area (Å²) in [6.45, 7) is 9.16. The van der Waals surface area contributed by atoms with Crippen LogP contribution in [0.25, 0.3) is 0 Å². The van der Waals surface area contributed by atoms with Crippen LogP contribution in [0, 0.1) is 11.7 Å². The van der Waals surface area contributed by atoms with Crippen LogP contribution < -0.4 is 15.5 Å². The minimum Gasteiger partial charge on any atom is -0.497 e. The maximum atomic E-state index is 15.7. The van der Waals surface area contributed by atoms with Crippen LogP contribution in [0.4, 0.5) is 13.2 Å². The molecule has 3 fully saturated rings. The van der Waals surface area contributed by atoms with Crippen LogP contribution in [0.3, 0.4) is 0 Å². The highest BCUT2D eigenvalue weighted by atomic mass is 32.2. The first kappa shape index (κ1) is 28.8. The maximum Gasteiger partial charge on any atom is 0.494 e. The molecule has 0 aromatic heterocycles. The number of methoxy groups -OCH3 is 2. The van der Waals surface area contributed by atoms with E-state index in [0.29, 0.717) is 23.0 Å². The minimum atomic E-state index is -3.50. The van der Waals surface area contributed by atoms with Crippen molar-refractivity contribution in [3.63, 3.8) is 0 Å². The van der Waals surface area contributed by atoms with E-state index >= 15 is 13.2 Å². The standard InChI is InChI=1S/C28H32BF3N2O5S/c1-24(2)25(3,4)39-29(38-24)17-10-13-20(30)19(14-17)26(5)21-27(22(35)37-7,28(21,31)32)40-23(34-26)33-15-16-8-11-18(36-6)12-9-16/h8-14,21H,15H2,1-7H3,(H,33,34)/t21-,26+,27-/m0/s1. The number of fused-ring (bicyclic) bond motifs is 1. The lowest BCUT2D eigenvalue weighted by Crippen LogP contribution is -2.53. The van der Waals surface area contributed by atoms with Crippen LogP contribution in [0.1, 0.15) is 45.7 Å². The van der Waals surface area contributed by atoms with Crippen molar-refractivity contribution in [1.29, 1.82) is 0 Å². The Morgan fingerprint density at radius 1 is 1.05 bits per heavy atom. The van der Waals surface area contributed by atoms with Gasteiger partial charge in [-0.05, 0) is 63.8 Å². The predicted octanol–water partition coefficient (Wildman–Crippen LogP) is 4.42. The van der Waals surface area contributed by atoms with Crippen molar-refractivity contribution >= 4 is 35.5 Å². The number of esters is 1. The molecule has 0 radical (unpaired) electrons. The molecule has 1 aliphatic carbocycles. The number of amidine groups is 1. The molecule has 3 aliphatic rings. The van der Waals surface area contributed by atoms with Gasteiger partial charge in [0.1, 0.15) is 11.6 Å². The molecule has 3 atom stereocenters. The van der Waals surface area contributed by atoms with Gasteiger partial charge in [-0.25, -0.2) is 13.2 Å². The van der Waals surface area contributed by atoms with Crippen molar-refractivity contribution in [2.24, 2.45) is 10.9 Å². The van der Waals surface area contributed by atoms with Gasteiger partial charge in [0.05, 0.1) is 43.4 Å². The molecule has 0 bridgehead atoms. The number of thioether (sulfide) groups is 1. The van der Waals surface area contributed by atoms with Crippen LogP contribution >= 0.6 is 11.8 Å². The number of rotatable bonds is 6. The summed E-state index contributed by atoms with van der Waals surface area (Å²) in [5.41, 5.74) is -1.80. The van der Waals surface area contributed by atoms with E-state index in [-0.39, 0.29) is 17.3 Å². The zero-order valence-electron chi connectivity index (χ0n) is 23.4. The van der Waals surface area contributed by atoms with Crippen LogP contribution in [-0.4, -0.2) is 54.3 Å². The fraction of sp³-hybridized carbons (Fsp3) is 0.500. The summed E-state index contributed by atoms with van der Waals surface area (Å²) in [6.07, 6.45) is 0. The summed E-state index contributed by atoms with van der Waals surface area (Å²) < 4.78 is 67.0. The van der Waals surface area contributed by atoms with Gasteiger partial charge in [0, 0.05) is 5.56 Å². The maximum absolute atomic E-state index is 15.7. The van der Waals surface area contributed by atoms with Crippen molar-refractivity contribution in [3.05, 3.63) is 59.4 Å². The number of hydrogen-bond acceptors (Lipinski definition) is 7. The molecule has 7 nitrogen and oxygen atoms in total. The van der Waals surface area contributed by atoms with E-state index < -0.39 is 52.2 Å². The van der Waals surface area contributed by atoms with Gasteiger partial charge in [-0.2, -0.15) is 0 Å². The lowest BCUT2D eigenvalue weighted by atomic mass is 9.75. The molecule has 2 aromatic rings. The average molecular weight is 576 g/mol. The van der Waals surface area contributed by atoms with Crippen LogP contribution in [0.2, 0.25) is 0 Å². The predicted molar refractivity (Wildman–Crippen MR) is 148 cm³/mol. The minimum absolute atomic E-state index is 0.0485. The van der Waals surface area contributed by atoms with Gasteiger partial charge < -0.3 is 24.1 Å². The van der Waals surface area contributed by atoms with Gasteiger partial charge in [-0.15, -0.1) is 0 Å². The number of hydrogen-bond donors (Lipinski definition) is 1. The van der Waals surface area contributed by atoms with E-state index in [9.17, 15) is 4.79 Å². The lowest BCUT2D eigenvalue weighted by Gasteiger charge is -2.38. The zero-order chi connectivity index (χ0) is 29.3. The molecule has 0 unspecified atom stereocenters. The van der Waals surface area contributed by atoms with Crippen molar-refractivity contribution in [2.75, 3.05) is 14.2 Å². The second kappa shape index (κ2) is 9.42. The number of benzene rings is 2. The third-order valence-corrected chi connectivity index (χ3v) is 9.93. The molecule has 1 N–H and O–H groups in total. The molecule has 40 heavy (non-hydrogen) atoms. The van der Waals surface area contributed by atoms with E-state index in [2.05, 4.69) is 10.3 Å². The van der Waals surface area contributed by atoms with E-state index in [1.807, 2.05) is 27.7 Å². The second-order valence-electron chi connectivity index (χ2n) is 11.5. The molecule has 5 rings (SSSR count). The summed E-state index contributed by atoms with van der Waals surface area (Å²) in [6, 6.07) is 11.3. The smallest absolute Gasteiger partial charge is 0.494 e. The van der Waals surface area contributed by atoms with Crippen LogP contribution in [0.5, 0.6) is 5.75 Å². The van der Waals surface area contributed by atoms with Gasteiger partial charge in [0.15, 0.2) is 9.91 Å². The molecular formula is C28H32BF3N2O5S. The molecule has 2 heterocycles. The number of halogens is 3. The van der Waals surface area contributed by atoms with Crippen molar-refractivity contribution in [3.8, 4) is 5.75 Å². The number of aliphatic imine (C=N–C) groups is 1. The Hall–Kier alpha value is -2.70. The number of ether oxygens (including phenoxy) is 2. The number of carbonyl (C=O) groups excluding carboxylic acids is 1. The summed E-state index contributed by atoms with van der Waals surface area (Å²) in [4.78, 5) is 17.4. The quantitative estimate of drug-likeness (QED) is 0.403. The van der Waals surface area contributed by atoms with Crippen LogP contribution in [-0.2, 0) is 30.9 Å². The Bertz CT molecular complexity index is 1360. The molecule has 214 valence electrons. The van der Waals surface area contributed by atoms with Crippen LogP contribution in [0.15, 0.2) is 47.5 Å². The summed E-state index contributed by atoms with van der Waals surface area (Å²) in [5.74, 6) is -6.24. The van der Waals surface area contributed by atoms with Gasteiger partial charge in [-0.3, -0.25) is 9.79 Å². The normalized spacial score (nSPS) is 30.4. The largest absolute Gasteiger partial charge is 0.497 e. The van der Waals surface area contributed by atoms with Gasteiger partial charge >= 0.3 is 13.1 Å². The van der Waals surface area contributed by atoms with E-state index in [1.165, 1.54) is 25.1 Å². The number of carbonyl (C=O) groups is 1. The number of nitrogens with zero attached hydrogens (tertiary/aromatic N) is 1. The summed E-state index contributed by atoms with van der Waals surface area (Å²) >= 11 is 0.624. The molecule has 2 aromatic carbocycles. The third-order valence-electron chi connectivity index (χ3n) is 8.51. The Kier molecular flexibility index (Phi) is 6.79. The summed E-state index contributed by atoms with van der Waals surface area (Å²) in [7, 11) is 1.79. The number of nitrogens with one attached hydrogen (secondary N) is 1. The number of alkyl halides is 2. The topological polar surface area (TPSA) is 78.4 Å². The first-order valence-corrected chi connectivity index (χ1v) is 13.7. The first-order valence-electron chi connectivity index (χ1n) is 12.9.